The highest BCUT2D eigenvalue weighted by atomic mass is 32.2. The molecule has 138 valence electrons. The molecule has 1 atom stereocenters. The van der Waals surface area contributed by atoms with Crippen molar-refractivity contribution in [2.24, 2.45) is 0 Å². The summed E-state index contributed by atoms with van der Waals surface area (Å²) in [5.74, 6) is -0.0134. The van der Waals surface area contributed by atoms with Crippen molar-refractivity contribution in [3.05, 3.63) is 6.33 Å². The van der Waals surface area contributed by atoms with E-state index in [1.54, 1.807) is 4.90 Å². The van der Waals surface area contributed by atoms with Gasteiger partial charge >= 0.3 is 6.03 Å². The van der Waals surface area contributed by atoms with Gasteiger partial charge in [0, 0.05) is 13.2 Å². The number of sulfone groups is 1. The summed E-state index contributed by atoms with van der Waals surface area (Å²) in [6.07, 6.45) is 3.37. The molecule has 0 aliphatic rings. The molecule has 0 fully saturated rings. The predicted octanol–water partition coefficient (Wildman–Crippen LogP) is 1.96. The number of carbonyl (C=O) groups excluding carboxylic acids is 1. The van der Waals surface area contributed by atoms with Crippen LogP contribution in [0.4, 0.5) is 4.79 Å². The molecule has 0 radical (unpaired) electrons. The first-order valence-corrected chi connectivity index (χ1v) is 10.1. The van der Waals surface area contributed by atoms with Crippen LogP contribution in [-0.2, 0) is 14.6 Å². The van der Waals surface area contributed by atoms with Gasteiger partial charge in [0.15, 0.2) is 0 Å². The average molecular weight is 360 g/mol. The number of carbonyl (C=O) groups is 1. The Kier molecular flexibility index (Phi) is 8.34. The largest absolute Gasteiger partial charge is 0.379 e. The summed E-state index contributed by atoms with van der Waals surface area (Å²) < 4.78 is 30.6. The Balaban J connectivity index is 2.83. The Labute approximate surface area is 144 Å². The van der Waals surface area contributed by atoms with Gasteiger partial charge in [0.2, 0.25) is 9.84 Å². The van der Waals surface area contributed by atoms with Crippen LogP contribution in [0.25, 0.3) is 0 Å². The molecule has 24 heavy (non-hydrogen) atoms. The van der Waals surface area contributed by atoms with Crippen molar-refractivity contribution in [3.8, 4) is 0 Å². The molecule has 0 N–H and O–H groups in total. The molecule has 1 amide bonds. The smallest absolute Gasteiger partial charge is 0.346 e. The van der Waals surface area contributed by atoms with Crippen LogP contribution in [0.15, 0.2) is 11.5 Å². The highest BCUT2D eigenvalue weighted by Crippen LogP contribution is 2.09. The van der Waals surface area contributed by atoms with E-state index in [0.29, 0.717) is 26.2 Å². The summed E-state index contributed by atoms with van der Waals surface area (Å²) in [5, 5.41) is 3.57. The first-order valence-electron chi connectivity index (χ1n) is 8.40. The number of unbranched alkanes of at least 4 members (excludes halogenated alkanes) is 1. The van der Waals surface area contributed by atoms with Gasteiger partial charge in [0.25, 0.3) is 5.16 Å². The van der Waals surface area contributed by atoms with E-state index in [-0.39, 0.29) is 17.0 Å². The first-order chi connectivity index (χ1) is 11.4. The second-order valence-electron chi connectivity index (χ2n) is 5.64. The molecule has 1 rings (SSSR count). The van der Waals surface area contributed by atoms with Gasteiger partial charge < -0.3 is 9.64 Å². The highest BCUT2D eigenvalue weighted by molar-refractivity contribution is 7.91. The van der Waals surface area contributed by atoms with Gasteiger partial charge in [-0.25, -0.2) is 18.2 Å². The maximum atomic E-state index is 12.5. The Bertz CT molecular complexity index is 615. The Hall–Kier alpha value is -1.48. The maximum Gasteiger partial charge on any atom is 0.346 e. The van der Waals surface area contributed by atoms with Crippen LogP contribution in [0, 0.1) is 0 Å². The zero-order chi connectivity index (χ0) is 18.2. The topological polar surface area (TPSA) is 94.4 Å². The van der Waals surface area contributed by atoms with Crippen LogP contribution in [0.1, 0.15) is 47.0 Å². The third-order valence-electron chi connectivity index (χ3n) is 3.54. The van der Waals surface area contributed by atoms with Gasteiger partial charge in [-0.2, -0.15) is 4.68 Å². The number of hydrogen-bond acceptors (Lipinski definition) is 6. The van der Waals surface area contributed by atoms with Gasteiger partial charge in [-0.15, -0.1) is 5.10 Å². The van der Waals surface area contributed by atoms with E-state index < -0.39 is 15.9 Å². The molecule has 1 heterocycles. The van der Waals surface area contributed by atoms with Crippen molar-refractivity contribution in [1.29, 1.82) is 0 Å². The van der Waals surface area contributed by atoms with E-state index >= 15 is 0 Å². The Morgan fingerprint density at radius 3 is 2.62 bits per heavy atom. The summed E-state index contributed by atoms with van der Waals surface area (Å²) in [4.78, 5) is 17.9. The summed E-state index contributed by atoms with van der Waals surface area (Å²) in [6, 6.07) is -0.548. The van der Waals surface area contributed by atoms with E-state index in [4.69, 9.17) is 4.74 Å². The molecular weight excluding hydrogens is 332 g/mol. The Morgan fingerprint density at radius 1 is 1.33 bits per heavy atom. The van der Waals surface area contributed by atoms with Gasteiger partial charge in [-0.05, 0) is 26.7 Å². The number of hydrogen-bond donors (Lipinski definition) is 0. The average Bonchev–Trinajstić information content (AvgIpc) is 3.04. The molecule has 9 heteroatoms. The quantitative estimate of drug-likeness (QED) is 0.592. The lowest BCUT2D eigenvalue weighted by Crippen LogP contribution is -2.43. The SMILES string of the molecule is CCCCS(=O)(=O)c1ncn(C(=O)N(CC)C(C)COCCC)n1. The zero-order valence-corrected chi connectivity index (χ0v) is 15.8. The lowest BCUT2D eigenvalue weighted by atomic mass is 10.3. The minimum atomic E-state index is -3.54. The lowest BCUT2D eigenvalue weighted by molar-refractivity contribution is 0.0794. The van der Waals surface area contributed by atoms with Crippen molar-refractivity contribution in [2.75, 3.05) is 25.5 Å². The van der Waals surface area contributed by atoms with E-state index in [1.165, 1.54) is 0 Å². The van der Waals surface area contributed by atoms with Crippen LogP contribution in [0.3, 0.4) is 0 Å². The molecule has 8 nitrogen and oxygen atoms in total. The second kappa shape index (κ2) is 9.73. The second-order valence-corrected chi connectivity index (χ2v) is 7.64. The van der Waals surface area contributed by atoms with Crippen molar-refractivity contribution in [3.63, 3.8) is 0 Å². The number of nitrogens with zero attached hydrogens (tertiary/aromatic N) is 4. The van der Waals surface area contributed by atoms with Crippen molar-refractivity contribution < 1.29 is 17.9 Å². The number of aromatic nitrogens is 3. The van der Waals surface area contributed by atoms with Gasteiger partial charge in [-0.1, -0.05) is 20.3 Å². The van der Waals surface area contributed by atoms with Crippen LogP contribution in [0.5, 0.6) is 0 Å². The van der Waals surface area contributed by atoms with Gasteiger partial charge in [0.05, 0.1) is 18.4 Å². The van der Waals surface area contributed by atoms with Crippen molar-refractivity contribution in [2.45, 2.75) is 58.2 Å². The molecular formula is C15H28N4O4S. The molecule has 0 spiro atoms. The van der Waals surface area contributed by atoms with E-state index in [9.17, 15) is 13.2 Å². The molecule has 0 saturated heterocycles. The van der Waals surface area contributed by atoms with Gasteiger partial charge in [0.1, 0.15) is 6.33 Å². The van der Waals surface area contributed by atoms with E-state index in [2.05, 4.69) is 10.1 Å². The molecule has 0 bridgehead atoms. The molecule has 1 unspecified atom stereocenters. The summed E-state index contributed by atoms with van der Waals surface area (Å²) in [7, 11) is -3.54. The van der Waals surface area contributed by atoms with Crippen molar-refractivity contribution in [1.82, 2.24) is 19.7 Å². The fourth-order valence-corrected chi connectivity index (χ4v) is 3.43. The van der Waals surface area contributed by atoms with Gasteiger partial charge in [-0.3, -0.25) is 0 Å². The summed E-state index contributed by atoms with van der Waals surface area (Å²) in [5.41, 5.74) is 0. The Morgan fingerprint density at radius 2 is 2.04 bits per heavy atom. The molecule has 1 aromatic rings. The monoisotopic (exact) mass is 360 g/mol. The molecule has 0 aliphatic carbocycles. The standard InChI is InChI=1S/C15H28N4O4S/c1-5-8-10-24(21,22)14-16-12-19(17-14)15(20)18(7-3)13(4)11-23-9-6-2/h12-13H,5-11H2,1-4H3. The maximum absolute atomic E-state index is 12.5. The van der Waals surface area contributed by atoms with Crippen LogP contribution >= 0.6 is 0 Å². The minimum absolute atomic E-state index is 0.0134. The summed E-state index contributed by atoms with van der Waals surface area (Å²) >= 11 is 0. The number of ether oxygens (including phenoxy) is 1. The first kappa shape index (κ1) is 20.6. The number of likely N-dealkylation sites (N-methyl/N-ethyl adjacent to an activating group) is 1. The van der Waals surface area contributed by atoms with E-state index in [0.717, 1.165) is 23.9 Å². The third kappa shape index (κ3) is 5.55. The lowest BCUT2D eigenvalue weighted by Gasteiger charge is -2.27. The van der Waals surface area contributed by atoms with Crippen LogP contribution in [0.2, 0.25) is 0 Å². The molecule has 0 aromatic carbocycles. The molecule has 1 aromatic heterocycles. The third-order valence-corrected chi connectivity index (χ3v) is 5.11. The zero-order valence-electron chi connectivity index (χ0n) is 14.9. The van der Waals surface area contributed by atoms with Crippen LogP contribution < -0.4 is 0 Å². The summed E-state index contributed by atoms with van der Waals surface area (Å²) in [6.45, 7) is 9.18. The molecule has 0 saturated carbocycles. The minimum Gasteiger partial charge on any atom is -0.379 e. The fourth-order valence-electron chi connectivity index (χ4n) is 2.16. The predicted molar refractivity (Wildman–Crippen MR) is 90.7 cm³/mol. The van der Waals surface area contributed by atoms with Crippen molar-refractivity contribution >= 4 is 15.9 Å². The number of rotatable bonds is 10. The number of amides is 1. The van der Waals surface area contributed by atoms with E-state index in [1.807, 2.05) is 27.7 Å². The molecule has 0 aliphatic heterocycles. The fraction of sp³-hybridized carbons (Fsp3) is 0.800. The van der Waals surface area contributed by atoms with Crippen LogP contribution in [-0.4, -0.2) is 65.7 Å². The highest BCUT2D eigenvalue weighted by Gasteiger charge is 2.25. The normalized spacial score (nSPS) is 13.0.